The van der Waals surface area contributed by atoms with Crippen molar-refractivity contribution in [1.29, 1.82) is 0 Å². The predicted molar refractivity (Wildman–Crippen MR) is 67.9 cm³/mol. The van der Waals surface area contributed by atoms with Gasteiger partial charge in [0, 0.05) is 45.3 Å². The van der Waals surface area contributed by atoms with Gasteiger partial charge >= 0.3 is 0 Å². The van der Waals surface area contributed by atoms with E-state index in [-0.39, 0.29) is 0 Å². The maximum Gasteiger partial charge on any atom is 0.0594 e. The van der Waals surface area contributed by atoms with Crippen molar-refractivity contribution in [2.75, 3.05) is 59.5 Å². The van der Waals surface area contributed by atoms with Gasteiger partial charge in [0.05, 0.1) is 13.2 Å². The van der Waals surface area contributed by atoms with E-state index in [1.165, 1.54) is 0 Å². The Morgan fingerprint density at radius 2 is 1.94 bits per heavy atom. The summed E-state index contributed by atoms with van der Waals surface area (Å²) >= 11 is 0. The number of hydrogen-bond acceptors (Lipinski definition) is 4. The van der Waals surface area contributed by atoms with Gasteiger partial charge in [-0.1, -0.05) is 0 Å². The molecular formula is C12H27N3O. The van der Waals surface area contributed by atoms with Crippen LogP contribution in [0.15, 0.2) is 0 Å². The van der Waals surface area contributed by atoms with Crippen LogP contribution in [0.3, 0.4) is 0 Å². The Balaban J connectivity index is 1.91. The molecule has 1 aliphatic heterocycles. The summed E-state index contributed by atoms with van der Waals surface area (Å²) in [5.74, 6) is 0. The zero-order chi connectivity index (χ0) is 11.8. The first kappa shape index (κ1) is 13.9. The Hall–Kier alpha value is -0.160. The molecule has 0 aromatic carbocycles. The molecule has 0 radical (unpaired) electrons. The summed E-state index contributed by atoms with van der Waals surface area (Å²) in [5.41, 5.74) is 0. The number of hydrogen-bond donors (Lipinski definition) is 1. The molecule has 0 aromatic rings. The Kier molecular flexibility index (Phi) is 6.96. The van der Waals surface area contributed by atoms with Gasteiger partial charge in [0.15, 0.2) is 0 Å². The second-order valence-electron chi connectivity index (χ2n) is 4.78. The molecule has 4 heteroatoms. The van der Waals surface area contributed by atoms with E-state index in [1.807, 2.05) is 0 Å². The molecular weight excluding hydrogens is 202 g/mol. The van der Waals surface area contributed by atoms with Gasteiger partial charge in [0.1, 0.15) is 0 Å². The van der Waals surface area contributed by atoms with E-state index in [9.17, 15) is 0 Å². The van der Waals surface area contributed by atoms with Crippen LogP contribution in [0.5, 0.6) is 0 Å². The van der Waals surface area contributed by atoms with E-state index in [1.54, 1.807) is 0 Å². The highest BCUT2D eigenvalue weighted by Crippen LogP contribution is 1.95. The standard InChI is InChI=1S/C12H27N3O/c1-12(2)14(3)6-4-13-5-7-15-8-10-16-11-9-15/h12-13H,4-11H2,1-3H3. The Bertz CT molecular complexity index is 170. The predicted octanol–water partition coefficient (Wildman–Crippen LogP) is 0.248. The van der Waals surface area contributed by atoms with E-state index >= 15 is 0 Å². The van der Waals surface area contributed by atoms with Crippen LogP contribution in [0.4, 0.5) is 0 Å². The summed E-state index contributed by atoms with van der Waals surface area (Å²) in [5, 5.41) is 3.49. The molecule has 1 heterocycles. The highest BCUT2D eigenvalue weighted by Gasteiger charge is 2.09. The van der Waals surface area contributed by atoms with Gasteiger partial charge in [-0.25, -0.2) is 0 Å². The topological polar surface area (TPSA) is 27.7 Å². The molecule has 0 aliphatic carbocycles. The van der Waals surface area contributed by atoms with Crippen molar-refractivity contribution in [3.05, 3.63) is 0 Å². The Morgan fingerprint density at radius 3 is 2.56 bits per heavy atom. The van der Waals surface area contributed by atoms with Crippen molar-refractivity contribution in [3.63, 3.8) is 0 Å². The number of nitrogens with zero attached hydrogens (tertiary/aromatic N) is 2. The maximum atomic E-state index is 5.32. The zero-order valence-electron chi connectivity index (χ0n) is 11.0. The van der Waals surface area contributed by atoms with Gasteiger partial charge in [0.25, 0.3) is 0 Å². The molecule has 0 atom stereocenters. The van der Waals surface area contributed by atoms with E-state index in [0.717, 1.165) is 52.5 Å². The summed E-state index contributed by atoms with van der Waals surface area (Å²) in [6.07, 6.45) is 0. The Labute approximate surface area is 99.9 Å². The lowest BCUT2D eigenvalue weighted by atomic mass is 10.3. The summed E-state index contributed by atoms with van der Waals surface area (Å²) < 4.78 is 5.32. The fourth-order valence-corrected chi connectivity index (χ4v) is 1.70. The van der Waals surface area contributed by atoms with E-state index in [0.29, 0.717) is 6.04 Å². The molecule has 1 rings (SSSR count). The molecule has 4 nitrogen and oxygen atoms in total. The van der Waals surface area contributed by atoms with Gasteiger partial charge in [-0.15, -0.1) is 0 Å². The van der Waals surface area contributed by atoms with Crippen LogP contribution in [-0.4, -0.2) is 75.4 Å². The van der Waals surface area contributed by atoms with Crippen molar-refractivity contribution in [1.82, 2.24) is 15.1 Å². The minimum Gasteiger partial charge on any atom is -0.379 e. The summed E-state index contributed by atoms with van der Waals surface area (Å²) in [4.78, 5) is 4.82. The molecule has 96 valence electrons. The van der Waals surface area contributed by atoms with Crippen molar-refractivity contribution < 1.29 is 4.74 Å². The van der Waals surface area contributed by atoms with Gasteiger partial charge in [-0.2, -0.15) is 0 Å². The van der Waals surface area contributed by atoms with Gasteiger partial charge in [-0.05, 0) is 20.9 Å². The van der Waals surface area contributed by atoms with Crippen LogP contribution in [0.25, 0.3) is 0 Å². The number of morpholine rings is 1. The molecule has 1 fully saturated rings. The van der Waals surface area contributed by atoms with Crippen LogP contribution < -0.4 is 5.32 Å². The third-order valence-electron chi connectivity index (χ3n) is 3.23. The third-order valence-corrected chi connectivity index (χ3v) is 3.23. The van der Waals surface area contributed by atoms with E-state index < -0.39 is 0 Å². The lowest BCUT2D eigenvalue weighted by Gasteiger charge is -2.27. The summed E-state index contributed by atoms with van der Waals surface area (Å²) in [7, 11) is 2.17. The van der Waals surface area contributed by atoms with Crippen molar-refractivity contribution in [3.8, 4) is 0 Å². The zero-order valence-corrected chi connectivity index (χ0v) is 11.0. The quantitative estimate of drug-likeness (QED) is 0.633. The normalized spacial score (nSPS) is 18.6. The highest BCUT2D eigenvalue weighted by molar-refractivity contribution is 4.64. The lowest BCUT2D eigenvalue weighted by molar-refractivity contribution is 0.0384. The monoisotopic (exact) mass is 229 g/mol. The fourth-order valence-electron chi connectivity index (χ4n) is 1.70. The average molecular weight is 229 g/mol. The molecule has 16 heavy (non-hydrogen) atoms. The number of nitrogens with one attached hydrogen (secondary N) is 1. The molecule has 1 aliphatic rings. The first-order valence-electron chi connectivity index (χ1n) is 6.41. The highest BCUT2D eigenvalue weighted by atomic mass is 16.5. The minimum atomic E-state index is 0.640. The van der Waals surface area contributed by atoms with Crippen LogP contribution >= 0.6 is 0 Å². The Morgan fingerprint density at radius 1 is 1.25 bits per heavy atom. The molecule has 1 saturated heterocycles. The molecule has 0 bridgehead atoms. The number of ether oxygens (including phenoxy) is 1. The first-order chi connectivity index (χ1) is 7.70. The second-order valence-corrected chi connectivity index (χ2v) is 4.78. The van der Waals surface area contributed by atoms with Crippen molar-refractivity contribution >= 4 is 0 Å². The van der Waals surface area contributed by atoms with E-state index in [4.69, 9.17) is 4.74 Å². The summed E-state index contributed by atoms with van der Waals surface area (Å²) in [6, 6.07) is 0.640. The number of likely N-dealkylation sites (N-methyl/N-ethyl adjacent to an activating group) is 1. The number of rotatable bonds is 7. The molecule has 0 aromatic heterocycles. The van der Waals surface area contributed by atoms with Crippen molar-refractivity contribution in [2.24, 2.45) is 0 Å². The summed E-state index contributed by atoms with van der Waals surface area (Å²) in [6.45, 7) is 12.9. The molecule has 0 amide bonds. The van der Waals surface area contributed by atoms with Gasteiger partial charge in [0.2, 0.25) is 0 Å². The molecule has 0 spiro atoms. The lowest BCUT2D eigenvalue weighted by Crippen LogP contribution is -2.41. The second kappa shape index (κ2) is 8.01. The van der Waals surface area contributed by atoms with Gasteiger partial charge < -0.3 is 15.0 Å². The molecule has 0 saturated carbocycles. The third kappa shape index (κ3) is 5.80. The molecule has 0 unspecified atom stereocenters. The molecule has 1 N–H and O–H groups in total. The van der Waals surface area contributed by atoms with Crippen molar-refractivity contribution in [2.45, 2.75) is 19.9 Å². The SMILES string of the molecule is CC(C)N(C)CCNCCN1CCOCC1. The van der Waals surface area contributed by atoms with Gasteiger partial charge in [-0.3, -0.25) is 4.90 Å². The first-order valence-corrected chi connectivity index (χ1v) is 6.41. The minimum absolute atomic E-state index is 0.640. The largest absolute Gasteiger partial charge is 0.379 e. The smallest absolute Gasteiger partial charge is 0.0594 e. The van der Waals surface area contributed by atoms with E-state index in [2.05, 4.69) is 36.0 Å². The fraction of sp³-hybridized carbons (Fsp3) is 1.00. The van der Waals surface area contributed by atoms with Crippen LogP contribution in [0.2, 0.25) is 0 Å². The van der Waals surface area contributed by atoms with Crippen LogP contribution in [0, 0.1) is 0 Å². The maximum absolute atomic E-state index is 5.32. The average Bonchev–Trinajstić information content (AvgIpc) is 2.29. The van der Waals surface area contributed by atoms with Crippen LogP contribution in [-0.2, 0) is 4.74 Å². The van der Waals surface area contributed by atoms with Crippen LogP contribution in [0.1, 0.15) is 13.8 Å².